The van der Waals surface area contributed by atoms with Gasteiger partial charge >= 0.3 is 0 Å². The molecule has 0 amide bonds. The summed E-state index contributed by atoms with van der Waals surface area (Å²) in [5.41, 5.74) is 0.543. The van der Waals surface area contributed by atoms with E-state index in [-0.39, 0.29) is 9.85 Å². The maximum absolute atomic E-state index is 11.3. The van der Waals surface area contributed by atoms with E-state index in [1.54, 1.807) is 18.2 Å². The number of rotatable bonds is 2. The van der Waals surface area contributed by atoms with E-state index in [0.29, 0.717) is 18.8 Å². The van der Waals surface area contributed by atoms with Gasteiger partial charge in [0.05, 0.1) is 10.6 Å². The van der Waals surface area contributed by atoms with E-state index in [9.17, 15) is 13.0 Å². The van der Waals surface area contributed by atoms with Gasteiger partial charge in [-0.15, -0.1) is 0 Å². The summed E-state index contributed by atoms with van der Waals surface area (Å²) in [5, 5.41) is 3.20. The summed E-state index contributed by atoms with van der Waals surface area (Å²) >= 11 is 3.44. The molecule has 0 bridgehead atoms. The minimum Gasteiger partial charge on any atom is -0.367 e. The van der Waals surface area contributed by atoms with Crippen LogP contribution in [-0.4, -0.2) is 37.6 Å². The van der Waals surface area contributed by atoms with Crippen LogP contribution >= 0.6 is 15.9 Å². The first-order valence-corrected chi connectivity index (χ1v) is 7.53. The average molecular weight is 321 g/mol. The summed E-state index contributed by atoms with van der Waals surface area (Å²) in [7, 11) is -4.18. The largest absolute Gasteiger partial charge is 0.367 e. The Morgan fingerprint density at radius 2 is 2.12 bits per heavy atom. The van der Waals surface area contributed by atoms with Gasteiger partial charge in [-0.3, -0.25) is 4.55 Å². The Kier molecular flexibility index (Phi) is 3.72. The summed E-state index contributed by atoms with van der Waals surface area (Å²) < 4.78 is 31.7. The lowest BCUT2D eigenvalue weighted by atomic mass is 10.2. The van der Waals surface area contributed by atoms with Crippen molar-refractivity contribution in [2.75, 3.05) is 24.5 Å². The zero-order chi connectivity index (χ0) is 12.5. The summed E-state index contributed by atoms with van der Waals surface area (Å²) in [4.78, 5) is 2.01. The summed E-state index contributed by atoms with van der Waals surface area (Å²) in [6.45, 7) is 2.11. The molecule has 1 unspecified atom stereocenters. The molecule has 1 heterocycles. The molecular weight excluding hydrogens is 308 g/mol. The number of hydrogen-bond acceptors (Lipinski definition) is 4. The van der Waals surface area contributed by atoms with Crippen molar-refractivity contribution in [1.82, 2.24) is 5.32 Å². The average Bonchev–Trinajstić information content (AvgIpc) is 2.28. The molecule has 7 heteroatoms. The van der Waals surface area contributed by atoms with Crippen LogP contribution in [-0.2, 0) is 10.1 Å². The van der Waals surface area contributed by atoms with Crippen molar-refractivity contribution in [3.8, 4) is 0 Å². The molecule has 0 radical (unpaired) electrons. The van der Waals surface area contributed by atoms with Crippen molar-refractivity contribution in [2.45, 2.75) is 9.85 Å². The zero-order valence-electron chi connectivity index (χ0n) is 9.01. The number of alkyl halides is 1. The molecule has 1 atom stereocenters. The second-order valence-electron chi connectivity index (χ2n) is 3.81. The molecule has 1 aliphatic rings. The predicted molar refractivity (Wildman–Crippen MR) is 69.2 cm³/mol. The second-order valence-corrected chi connectivity index (χ2v) is 6.31. The summed E-state index contributed by atoms with van der Waals surface area (Å²) in [6.07, 6.45) is 0. The van der Waals surface area contributed by atoms with Gasteiger partial charge in [0.1, 0.15) is 4.90 Å². The third-order valence-electron chi connectivity index (χ3n) is 2.61. The van der Waals surface area contributed by atoms with Crippen LogP contribution in [0.4, 0.5) is 5.69 Å². The fourth-order valence-corrected chi connectivity index (χ4v) is 3.15. The van der Waals surface area contributed by atoms with Crippen LogP contribution in [0.15, 0.2) is 29.2 Å². The smallest absolute Gasteiger partial charge is 0.296 e. The minimum atomic E-state index is -4.18. The van der Waals surface area contributed by atoms with Gasteiger partial charge < -0.3 is 10.2 Å². The Morgan fingerprint density at radius 3 is 2.76 bits per heavy atom. The Morgan fingerprint density at radius 1 is 1.41 bits per heavy atom. The molecule has 94 valence electrons. The Hall–Kier alpha value is -0.630. The number of halogens is 1. The minimum absolute atomic E-state index is 0.0402. The highest BCUT2D eigenvalue weighted by molar-refractivity contribution is 9.09. The predicted octanol–water partition coefficient (Wildman–Crippen LogP) is 1.06. The highest BCUT2D eigenvalue weighted by atomic mass is 79.9. The number of benzene rings is 1. The number of para-hydroxylation sites is 1. The fourth-order valence-electron chi connectivity index (χ4n) is 1.86. The van der Waals surface area contributed by atoms with Gasteiger partial charge in [-0.05, 0) is 12.1 Å². The van der Waals surface area contributed by atoms with Crippen LogP contribution in [0.5, 0.6) is 0 Å². The fraction of sp³-hybridized carbons (Fsp3) is 0.400. The molecule has 1 saturated heterocycles. The number of anilines is 1. The molecule has 1 aromatic rings. The SMILES string of the molecule is O=S(=O)(O)c1ccccc1N1CCNC(Br)C1. The van der Waals surface area contributed by atoms with Crippen molar-refractivity contribution in [1.29, 1.82) is 0 Å². The lowest BCUT2D eigenvalue weighted by molar-refractivity contribution is 0.482. The Bertz CT molecular complexity index is 506. The number of nitrogens with zero attached hydrogens (tertiary/aromatic N) is 1. The Balaban J connectivity index is 2.38. The Labute approximate surface area is 109 Å². The lowest BCUT2D eigenvalue weighted by Gasteiger charge is -2.33. The third-order valence-corrected chi connectivity index (χ3v) is 4.13. The van der Waals surface area contributed by atoms with Crippen LogP contribution in [0.3, 0.4) is 0 Å². The molecule has 2 N–H and O–H groups in total. The number of nitrogens with one attached hydrogen (secondary N) is 1. The van der Waals surface area contributed by atoms with E-state index >= 15 is 0 Å². The molecule has 0 spiro atoms. The van der Waals surface area contributed by atoms with Gasteiger partial charge in [0.15, 0.2) is 0 Å². The van der Waals surface area contributed by atoms with Gasteiger partial charge in [0.2, 0.25) is 0 Å². The highest BCUT2D eigenvalue weighted by Crippen LogP contribution is 2.26. The molecule has 1 aliphatic heterocycles. The second kappa shape index (κ2) is 4.93. The van der Waals surface area contributed by atoms with Gasteiger partial charge in [-0.25, -0.2) is 0 Å². The number of hydrogen-bond donors (Lipinski definition) is 2. The van der Waals surface area contributed by atoms with Crippen LogP contribution in [0.1, 0.15) is 0 Å². The first kappa shape index (κ1) is 12.8. The highest BCUT2D eigenvalue weighted by Gasteiger charge is 2.23. The van der Waals surface area contributed by atoms with E-state index in [4.69, 9.17) is 0 Å². The molecule has 17 heavy (non-hydrogen) atoms. The van der Waals surface area contributed by atoms with Gasteiger partial charge in [0, 0.05) is 19.6 Å². The molecule has 0 aliphatic carbocycles. The van der Waals surface area contributed by atoms with Gasteiger partial charge in [-0.2, -0.15) is 8.42 Å². The van der Waals surface area contributed by atoms with E-state index < -0.39 is 10.1 Å². The van der Waals surface area contributed by atoms with Crippen molar-refractivity contribution in [3.05, 3.63) is 24.3 Å². The van der Waals surface area contributed by atoms with Crippen molar-refractivity contribution < 1.29 is 13.0 Å². The quantitative estimate of drug-likeness (QED) is 0.484. The molecule has 0 aromatic heterocycles. The molecule has 1 aromatic carbocycles. The zero-order valence-corrected chi connectivity index (χ0v) is 11.4. The van der Waals surface area contributed by atoms with Crippen LogP contribution in [0.25, 0.3) is 0 Å². The standard InChI is InChI=1S/C10H13BrN2O3S/c11-10-7-13(6-5-12-10)8-3-1-2-4-9(8)17(14,15)16/h1-4,10,12H,5-7H2,(H,14,15,16). The lowest BCUT2D eigenvalue weighted by Crippen LogP contribution is -2.48. The van der Waals surface area contributed by atoms with E-state index in [2.05, 4.69) is 21.2 Å². The molecular formula is C10H13BrN2O3S. The van der Waals surface area contributed by atoms with Crippen LogP contribution < -0.4 is 10.2 Å². The third kappa shape index (κ3) is 2.98. The van der Waals surface area contributed by atoms with E-state index in [1.807, 2.05) is 4.90 Å². The van der Waals surface area contributed by atoms with Gasteiger partial charge in [0.25, 0.3) is 10.1 Å². The summed E-state index contributed by atoms with van der Waals surface area (Å²) in [5.74, 6) is 0. The molecule has 5 nitrogen and oxygen atoms in total. The molecule has 2 rings (SSSR count). The summed E-state index contributed by atoms with van der Waals surface area (Å²) in [6, 6.07) is 6.47. The topological polar surface area (TPSA) is 69.6 Å². The maximum Gasteiger partial charge on any atom is 0.296 e. The van der Waals surface area contributed by atoms with Crippen LogP contribution in [0, 0.1) is 0 Å². The first-order chi connectivity index (χ1) is 7.98. The molecule has 1 fully saturated rings. The van der Waals surface area contributed by atoms with Crippen molar-refractivity contribution in [2.24, 2.45) is 0 Å². The van der Waals surface area contributed by atoms with Gasteiger partial charge in [-0.1, -0.05) is 28.1 Å². The normalized spacial score (nSPS) is 21.5. The van der Waals surface area contributed by atoms with Crippen LogP contribution in [0.2, 0.25) is 0 Å². The van der Waals surface area contributed by atoms with Crippen molar-refractivity contribution in [3.63, 3.8) is 0 Å². The maximum atomic E-state index is 11.3. The van der Waals surface area contributed by atoms with E-state index in [1.165, 1.54) is 6.07 Å². The monoisotopic (exact) mass is 320 g/mol. The number of piperazine rings is 1. The van der Waals surface area contributed by atoms with E-state index in [0.717, 1.165) is 6.54 Å². The first-order valence-electron chi connectivity index (χ1n) is 5.17. The molecule has 0 saturated carbocycles. The van der Waals surface area contributed by atoms with Crippen molar-refractivity contribution >= 4 is 31.7 Å².